The highest BCUT2D eigenvalue weighted by atomic mass is 16.5. The number of ketones is 1. The number of hydrogen-bond donors (Lipinski definition) is 0. The molecule has 0 aromatic rings. The van der Waals surface area contributed by atoms with Crippen LogP contribution >= 0.6 is 0 Å². The van der Waals surface area contributed by atoms with Gasteiger partial charge in [-0.3, -0.25) is 4.79 Å². The van der Waals surface area contributed by atoms with E-state index in [0.717, 1.165) is 6.42 Å². The highest BCUT2D eigenvalue weighted by Gasteiger charge is 2.46. The third-order valence-corrected chi connectivity index (χ3v) is 2.02. The third-order valence-electron chi connectivity index (χ3n) is 2.02. The van der Waals surface area contributed by atoms with E-state index in [2.05, 4.69) is 0 Å². The van der Waals surface area contributed by atoms with Crippen molar-refractivity contribution in [2.24, 2.45) is 5.41 Å². The van der Waals surface area contributed by atoms with Crippen molar-refractivity contribution in [2.45, 2.75) is 33.3 Å². The molecule has 0 heterocycles. The standard InChI is InChI=1S/C8H14O2/c1-4-10-6-5-8(2,3)7(6)9/h6H,4-5H2,1-3H3. The van der Waals surface area contributed by atoms with Gasteiger partial charge in [-0.15, -0.1) is 0 Å². The number of Topliss-reactive ketones (excluding diaryl/α,β-unsaturated/α-hetero) is 1. The Morgan fingerprint density at radius 2 is 2.30 bits per heavy atom. The van der Waals surface area contributed by atoms with E-state index in [4.69, 9.17) is 4.74 Å². The first kappa shape index (κ1) is 7.73. The Kier molecular flexibility index (Phi) is 1.82. The molecule has 1 saturated carbocycles. The maximum absolute atomic E-state index is 11.1. The van der Waals surface area contributed by atoms with Crippen LogP contribution in [0, 0.1) is 5.41 Å². The van der Waals surface area contributed by atoms with Gasteiger partial charge in [0.25, 0.3) is 0 Å². The lowest BCUT2D eigenvalue weighted by Crippen LogP contribution is -2.50. The molecule has 0 aliphatic heterocycles. The first-order valence-electron chi connectivity index (χ1n) is 3.74. The van der Waals surface area contributed by atoms with Crippen molar-refractivity contribution in [2.75, 3.05) is 6.61 Å². The van der Waals surface area contributed by atoms with E-state index >= 15 is 0 Å². The number of ether oxygens (including phenoxy) is 1. The lowest BCUT2D eigenvalue weighted by molar-refractivity contribution is -0.156. The van der Waals surface area contributed by atoms with Gasteiger partial charge >= 0.3 is 0 Å². The fourth-order valence-electron chi connectivity index (χ4n) is 1.30. The van der Waals surface area contributed by atoms with Crippen molar-refractivity contribution in [1.82, 2.24) is 0 Å². The van der Waals surface area contributed by atoms with Gasteiger partial charge in [0.1, 0.15) is 6.10 Å². The summed E-state index contributed by atoms with van der Waals surface area (Å²) in [5.74, 6) is 0.259. The molecule has 0 amide bonds. The van der Waals surface area contributed by atoms with Crippen LogP contribution in [-0.4, -0.2) is 18.5 Å². The van der Waals surface area contributed by atoms with Crippen molar-refractivity contribution in [1.29, 1.82) is 0 Å². The summed E-state index contributed by atoms with van der Waals surface area (Å²) in [5.41, 5.74) is -0.111. The summed E-state index contributed by atoms with van der Waals surface area (Å²) in [6.07, 6.45) is 0.791. The highest BCUT2D eigenvalue weighted by Crippen LogP contribution is 2.37. The topological polar surface area (TPSA) is 26.3 Å². The molecule has 1 atom stereocenters. The second-order valence-electron chi connectivity index (χ2n) is 3.40. The Morgan fingerprint density at radius 3 is 2.60 bits per heavy atom. The molecular formula is C8H14O2. The van der Waals surface area contributed by atoms with E-state index in [1.54, 1.807) is 0 Å². The summed E-state index contributed by atoms with van der Waals surface area (Å²) in [5, 5.41) is 0. The van der Waals surface area contributed by atoms with Crippen molar-refractivity contribution in [3.8, 4) is 0 Å². The lowest BCUT2D eigenvalue weighted by Gasteiger charge is -2.39. The van der Waals surface area contributed by atoms with Crippen LogP contribution in [0.15, 0.2) is 0 Å². The summed E-state index contributed by atoms with van der Waals surface area (Å²) in [4.78, 5) is 11.1. The molecule has 1 rings (SSSR count). The molecule has 0 aromatic heterocycles. The molecule has 0 radical (unpaired) electrons. The Hall–Kier alpha value is -0.370. The van der Waals surface area contributed by atoms with Crippen LogP contribution in [0.1, 0.15) is 27.2 Å². The summed E-state index contributed by atoms with van der Waals surface area (Å²) < 4.78 is 5.18. The molecule has 2 nitrogen and oxygen atoms in total. The Morgan fingerprint density at radius 1 is 1.70 bits per heavy atom. The molecule has 0 aromatic carbocycles. The van der Waals surface area contributed by atoms with Crippen LogP contribution < -0.4 is 0 Å². The Balaban J connectivity index is 2.40. The van der Waals surface area contributed by atoms with E-state index in [-0.39, 0.29) is 17.3 Å². The number of rotatable bonds is 2. The number of carbonyl (C=O) groups is 1. The second-order valence-corrected chi connectivity index (χ2v) is 3.40. The van der Waals surface area contributed by atoms with Gasteiger partial charge in [0.05, 0.1) is 0 Å². The smallest absolute Gasteiger partial charge is 0.167 e. The van der Waals surface area contributed by atoms with E-state index in [9.17, 15) is 4.79 Å². The molecule has 1 aliphatic rings. The van der Waals surface area contributed by atoms with Gasteiger partial charge in [-0.1, -0.05) is 13.8 Å². The van der Waals surface area contributed by atoms with E-state index in [1.807, 2.05) is 20.8 Å². The molecule has 2 heteroatoms. The van der Waals surface area contributed by atoms with Crippen molar-refractivity contribution in [3.63, 3.8) is 0 Å². The highest BCUT2D eigenvalue weighted by molar-refractivity contribution is 5.94. The Bertz CT molecular complexity index is 149. The fourth-order valence-corrected chi connectivity index (χ4v) is 1.30. The summed E-state index contributed by atoms with van der Waals surface area (Å²) in [6.45, 7) is 6.49. The van der Waals surface area contributed by atoms with Gasteiger partial charge in [-0.25, -0.2) is 0 Å². The number of carbonyl (C=O) groups excluding carboxylic acids is 1. The first-order valence-corrected chi connectivity index (χ1v) is 3.74. The van der Waals surface area contributed by atoms with E-state index in [1.165, 1.54) is 0 Å². The van der Waals surface area contributed by atoms with Crippen LogP contribution in [0.25, 0.3) is 0 Å². The van der Waals surface area contributed by atoms with E-state index in [0.29, 0.717) is 6.61 Å². The predicted octanol–water partition coefficient (Wildman–Crippen LogP) is 1.39. The van der Waals surface area contributed by atoms with Crippen LogP contribution in [0.3, 0.4) is 0 Å². The minimum Gasteiger partial charge on any atom is -0.371 e. The Labute approximate surface area is 61.6 Å². The normalized spacial score (nSPS) is 29.9. The van der Waals surface area contributed by atoms with Crippen LogP contribution in [0.5, 0.6) is 0 Å². The van der Waals surface area contributed by atoms with Gasteiger partial charge in [0, 0.05) is 12.0 Å². The third kappa shape index (κ3) is 1.08. The van der Waals surface area contributed by atoms with Crippen molar-refractivity contribution in [3.05, 3.63) is 0 Å². The van der Waals surface area contributed by atoms with Gasteiger partial charge in [0.15, 0.2) is 5.78 Å². The monoisotopic (exact) mass is 142 g/mol. The molecule has 0 spiro atoms. The average molecular weight is 142 g/mol. The largest absolute Gasteiger partial charge is 0.371 e. The molecule has 0 saturated heterocycles. The second kappa shape index (κ2) is 2.35. The quantitative estimate of drug-likeness (QED) is 0.582. The molecule has 0 N–H and O–H groups in total. The summed E-state index contributed by atoms with van der Waals surface area (Å²) in [6, 6.07) is 0. The van der Waals surface area contributed by atoms with Crippen molar-refractivity contribution < 1.29 is 9.53 Å². The van der Waals surface area contributed by atoms with Gasteiger partial charge in [-0.05, 0) is 13.3 Å². The number of hydrogen-bond acceptors (Lipinski definition) is 2. The molecule has 58 valence electrons. The van der Waals surface area contributed by atoms with Crippen LogP contribution in [0.2, 0.25) is 0 Å². The molecule has 1 unspecified atom stereocenters. The average Bonchev–Trinajstić information content (AvgIpc) is 1.87. The van der Waals surface area contributed by atoms with Gasteiger partial charge in [0.2, 0.25) is 0 Å². The molecule has 1 fully saturated rings. The van der Waals surface area contributed by atoms with Gasteiger partial charge < -0.3 is 4.74 Å². The molecule has 1 aliphatic carbocycles. The molecular weight excluding hydrogens is 128 g/mol. The SMILES string of the molecule is CCOC1CC(C)(C)C1=O. The first-order chi connectivity index (χ1) is 4.58. The molecule has 0 bridgehead atoms. The zero-order valence-corrected chi connectivity index (χ0v) is 6.81. The maximum atomic E-state index is 11.1. The van der Waals surface area contributed by atoms with Crippen LogP contribution in [-0.2, 0) is 9.53 Å². The van der Waals surface area contributed by atoms with Crippen LogP contribution in [0.4, 0.5) is 0 Å². The van der Waals surface area contributed by atoms with Crippen molar-refractivity contribution >= 4 is 5.78 Å². The van der Waals surface area contributed by atoms with E-state index < -0.39 is 0 Å². The predicted molar refractivity (Wildman–Crippen MR) is 38.8 cm³/mol. The minimum atomic E-state index is -0.111. The van der Waals surface area contributed by atoms with Gasteiger partial charge in [-0.2, -0.15) is 0 Å². The lowest BCUT2D eigenvalue weighted by atomic mass is 9.68. The summed E-state index contributed by atoms with van der Waals surface area (Å²) in [7, 11) is 0. The zero-order valence-electron chi connectivity index (χ0n) is 6.81. The summed E-state index contributed by atoms with van der Waals surface area (Å²) >= 11 is 0. The molecule has 10 heavy (non-hydrogen) atoms. The maximum Gasteiger partial charge on any atom is 0.167 e. The fraction of sp³-hybridized carbons (Fsp3) is 0.875. The zero-order chi connectivity index (χ0) is 7.78. The minimum absolute atomic E-state index is 0.0972.